The lowest BCUT2D eigenvalue weighted by Gasteiger charge is -2.08. The zero-order valence-corrected chi connectivity index (χ0v) is 13.4. The summed E-state index contributed by atoms with van der Waals surface area (Å²) in [6, 6.07) is 14.6. The van der Waals surface area contributed by atoms with Crippen molar-refractivity contribution in [2.45, 2.75) is 37.0 Å². The fourth-order valence-electron chi connectivity index (χ4n) is 3.11. The number of fused-ring (bicyclic) bond motifs is 1. The summed E-state index contributed by atoms with van der Waals surface area (Å²) in [6.45, 7) is 2.15. The molecule has 1 fully saturated rings. The average molecular weight is 311 g/mol. The third kappa shape index (κ3) is 2.66. The van der Waals surface area contributed by atoms with Gasteiger partial charge in [0, 0.05) is 28.7 Å². The first-order valence-electron chi connectivity index (χ1n) is 7.72. The maximum Gasteiger partial charge on any atom is 0.0812 e. The van der Waals surface area contributed by atoms with Crippen LogP contribution in [-0.4, -0.2) is 4.40 Å². The van der Waals surface area contributed by atoms with Crippen molar-refractivity contribution in [1.29, 1.82) is 0 Å². The van der Waals surface area contributed by atoms with Crippen molar-refractivity contribution in [2.75, 3.05) is 0 Å². The summed E-state index contributed by atoms with van der Waals surface area (Å²) in [5.41, 5.74) is 6.55. The van der Waals surface area contributed by atoms with E-state index >= 15 is 0 Å². The number of nitrogens with zero attached hydrogens (tertiary/aromatic N) is 1. The Kier molecular flexibility index (Phi) is 3.45. The minimum atomic E-state index is 0.297. The second-order valence-electron chi connectivity index (χ2n) is 6.26. The molecule has 0 radical (unpaired) electrons. The van der Waals surface area contributed by atoms with Gasteiger partial charge in [0.15, 0.2) is 0 Å². The van der Waals surface area contributed by atoms with Gasteiger partial charge in [-0.3, -0.25) is 0 Å². The molecule has 0 aliphatic heterocycles. The molecular formula is C19H18FNS. The van der Waals surface area contributed by atoms with Gasteiger partial charge in [-0.15, -0.1) is 0 Å². The Morgan fingerprint density at radius 1 is 1.14 bits per heavy atom. The Morgan fingerprint density at radius 2 is 1.91 bits per heavy atom. The number of rotatable bonds is 4. The third-order valence-corrected chi connectivity index (χ3v) is 4.85. The molecule has 112 valence electrons. The van der Waals surface area contributed by atoms with Crippen molar-refractivity contribution in [1.82, 2.24) is 4.40 Å². The van der Waals surface area contributed by atoms with Crippen molar-refractivity contribution in [3.63, 3.8) is 0 Å². The van der Waals surface area contributed by atoms with Gasteiger partial charge >= 0.3 is 0 Å². The summed E-state index contributed by atoms with van der Waals surface area (Å²) in [5, 5.41) is 0. The fraction of sp³-hybridized carbons (Fsp3) is 0.263. The molecule has 0 amide bonds. The maximum absolute atomic E-state index is 12.5. The summed E-state index contributed by atoms with van der Waals surface area (Å²) in [5.74, 6) is 0.772. The van der Waals surface area contributed by atoms with Gasteiger partial charge in [0.05, 0.1) is 12.1 Å². The Bertz CT molecular complexity index is 815. The first-order valence-corrected chi connectivity index (χ1v) is 8.44. The topological polar surface area (TPSA) is 4.41 Å². The van der Waals surface area contributed by atoms with E-state index in [9.17, 15) is 3.89 Å². The molecule has 1 aromatic carbocycles. The normalized spacial score (nSPS) is 14.6. The highest BCUT2D eigenvalue weighted by molar-refractivity contribution is 7.94. The van der Waals surface area contributed by atoms with E-state index in [1.165, 1.54) is 40.7 Å². The summed E-state index contributed by atoms with van der Waals surface area (Å²) >= 11 is 0.297. The van der Waals surface area contributed by atoms with Gasteiger partial charge in [-0.05, 0) is 72.7 Å². The van der Waals surface area contributed by atoms with Crippen molar-refractivity contribution in [3.05, 3.63) is 71.0 Å². The molecule has 4 rings (SSSR count). The Hall–Kier alpha value is -1.74. The van der Waals surface area contributed by atoms with Gasteiger partial charge in [-0.1, -0.05) is 12.1 Å². The second-order valence-corrected chi connectivity index (χ2v) is 6.89. The lowest BCUT2D eigenvalue weighted by molar-refractivity contribution is 0.933. The molecule has 2 aromatic heterocycles. The first-order chi connectivity index (χ1) is 10.7. The van der Waals surface area contributed by atoms with Crippen LogP contribution in [0.1, 0.15) is 41.1 Å². The van der Waals surface area contributed by atoms with Crippen LogP contribution in [0.4, 0.5) is 3.89 Å². The molecule has 1 aliphatic rings. The number of halogens is 1. The average Bonchev–Trinajstić information content (AvgIpc) is 3.28. The van der Waals surface area contributed by atoms with Gasteiger partial charge in [0.1, 0.15) is 0 Å². The molecule has 0 atom stereocenters. The van der Waals surface area contributed by atoms with Crippen LogP contribution >= 0.6 is 12.1 Å². The van der Waals surface area contributed by atoms with Gasteiger partial charge < -0.3 is 4.40 Å². The number of benzene rings is 1. The summed E-state index contributed by atoms with van der Waals surface area (Å²) < 4.78 is 14.9. The highest BCUT2D eigenvalue weighted by Gasteiger charge is 2.24. The van der Waals surface area contributed by atoms with Crippen LogP contribution in [0, 0.1) is 6.92 Å². The molecule has 1 aliphatic carbocycles. The summed E-state index contributed by atoms with van der Waals surface area (Å²) in [6.07, 6.45) is 5.82. The molecule has 1 nitrogen and oxygen atoms in total. The standard InChI is InChI=1S/C19H18FNS/c1-13-8-17(10-14-2-6-19(22-20)7-3-14)21-12-16(15-4-5-15)11-18(21)9-13/h2-3,6-9,11-12,15H,4-5,10H2,1H3. The molecule has 0 unspecified atom stereocenters. The first kappa shape index (κ1) is 13.9. The molecule has 3 heteroatoms. The van der Waals surface area contributed by atoms with E-state index in [4.69, 9.17) is 0 Å². The minimum Gasteiger partial charge on any atom is -0.320 e. The highest BCUT2D eigenvalue weighted by atomic mass is 32.2. The van der Waals surface area contributed by atoms with Crippen LogP contribution < -0.4 is 0 Å². The number of hydrogen-bond acceptors (Lipinski definition) is 1. The molecule has 0 spiro atoms. The number of aromatic nitrogens is 1. The van der Waals surface area contributed by atoms with E-state index in [1.807, 2.05) is 24.3 Å². The molecule has 0 bridgehead atoms. The van der Waals surface area contributed by atoms with Gasteiger partial charge in [-0.2, -0.15) is 3.89 Å². The SMILES string of the molecule is Cc1cc(Cc2ccc(SF)cc2)n2cc(C3CC3)cc2c1. The number of hydrogen-bond donors (Lipinski definition) is 0. The van der Waals surface area contributed by atoms with E-state index in [1.54, 1.807) is 0 Å². The van der Waals surface area contributed by atoms with Crippen LogP contribution in [0.3, 0.4) is 0 Å². The van der Waals surface area contributed by atoms with E-state index in [2.05, 4.69) is 35.7 Å². The Balaban J connectivity index is 1.72. The highest BCUT2D eigenvalue weighted by Crippen LogP contribution is 2.41. The monoisotopic (exact) mass is 311 g/mol. The van der Waals surface area contributed by atoms with Gasteiger partial charge in [0.2, 0.25) is 0 Å². The zero-order valence-electron chi connectivity index (χ0n) is 12.6. The molecule has 0 N–H and O–H groups in total. The van der Waals surface area contributed by atoms with Gasteiger partial charge in [-0.25, -0.2) is 0 Å². The number of aryl methyl sites for hydroxylation is 1. The zero-order chi connectivity index (χ0) is 15.1. The summed E-state index contributed by atoms with van der Waals surface area (Å²) in [7, 11) is 0. The van der Waals surface area contributed by atoms with Crippen LogP contribution in [-0.2, 0) is 6.42 Å². The summed E-state index contributed by atoms with van der Waals surface area (Å²) in [4.78, 5) is 0.662. The van der Waals surface area contributed by atoms with E-state index in [-0.39, 0.29) is 0 Å². The van der Waals surface area contributed by atoms with Gasteiger partial charge in [0.25, 0.3) is 0 Å². The van der Waals surface area contributed by atoms with Crippen molar-refractivity contribution < 1.29 is 3.89 Å². The minimum absolute atomic E-state index is 0.297. The maximum atomic E-state index is 12.5. The third-order valence-electron chi connectivity index (χ3n) is 4.40. The van der Waals surface area contributed by atoms with Crippen molar-refractivity contribution in [3.8, 4) is 0 Å². The molecule has 3 aromatic rings. The Morgan fingerprint density at radius 3 is 2.59 bits per heavy atom. The largest absolute Gasteiger partial charge is 0.320 e. The molecule has 1 saturated carbocycles. The quantitative estimate of drug-likeness (QED) is 0.598. The van der Waals surface area contributed by atoms with Crippen molar-refractivity contribution >= 4 is 17.7 Å². The molecule has 22 heavy (non-hydrogen) atoms. The predicted molar refractivity (Wildman–Crippen MR) is 90.3 cm³/mol. The predicted octanol–water partition coefficient (Wildman–Crippen LogP) is 5.69. The lowest BCUT2D eigenvalue weighted by atomic mass is 10.1. The van der Waals surface area contributed by atoms with Crippen LogP contribution in [0.5, 0.6) is 0 Å². The van der Waals surface area contributed by atoms with E-state index < -0.39 is 0 Å². The number of pyridine rings is 1. The molecule has 0 saturated heterocycles. The van der Waals surface area contributed by atoms with Crippen LogP contribution in [0.15, 0.2) is 53.6 Å². The van der Waals surface area contributed by atoms with E-state index in [0.29, 0.717) is 17.0 Å². The smallest absolute Gasteiger partial charge is 0.0812 e. The van der Waals surface area contributed by atoms with Crippen LogP contribution in [0.2, 0.25) is 0 Å². The van der Waals surface area contributed by atoms with Crippen LogP contribution in [0.25, 0.3) is 5.52 Å². The molecular weight excluding hydrogens is 293 g/mol. The van der Waals surface area contributed by atoms with E-state index in [0.717, 1.165) is 12.3 Å². The Labute approximate surface area is 134 Å². The lowest BCUT2D eigenvalue weighted by Crippen LogP contribution is -1.98. The second kappa shape index (κ2) is 5.47. The van der Waals surface area contributed by atoms with Crippen molar-refractivity contribution in [2.24, 2.45) is 0 Å². The fourth-order valence-corrected chi connectivity index (χ4v) is 3.35. The molecule has 2 heterocycles.